The minimum atomic E-state index is -0.273. The van der Waals surface area contributed by atoms with Crippen LogP contribution in [0.5, 0.6) is 5.75 Å². The van der Waals surface area contributed by atoms with E-state index in [1.807, 2.05) is 48.7 Å². The lowest BCUT2D eigenvalue weighted by Crippen LogP contribution is -2.28. The molecule has 0 saturated heterocycles. The lowest BCUT2D eigenvalue weighted by atomic mass is 9.97. The number of nitrogens with one attached hydrogen (secondary N) is 3. The van der Waals surface area contributed by atoms with Gasteiger partial charge in [-0.3, -0.25) is 9.59 Å². The zero-order valence-electron chi connectivity index (χ0n) is 21.9. The molecule has 1 aliphatic rings. The molecular weight excluding hydrogens is 558 g/mol. The number of halogens is 1. The molecule has 41 heavy (non-hydrogen) atoms. The number of H-pyrrole nitrogens is 2. The van der Waals surface area contributed by atoms with E-state index in [0.717, 1.165) is 43.1 Å². The zero-order chi connectivity index (χ0) is 28.2. The van der Waals surface area contributed by atoms with Gasteiger partial charge in [-0.25, -0.2) is 4.98 Å². The maximum absolute atomic E-state index is 13.4. The number of rotatable bonds is 5. The summed E-state index contributed by atoms with van der Waals surface area (Å²) in [6.45, 7) is 2.45. The number of benzene rings is 2. The maximum Gasteiger partial charge on any atom is 0.272 e. The van der Waals surface area contributed by atoms with E-state index in [1.165, 1.54) is 17.4 Å². The number of fused-ring (bicyclic) bond motifs is 5. The average Bonchev–Trinajstić information content (AvgIpc) is 3.75. The van der Waals surface area contributed by atoms with Crippen molar-refractivity contribution in [1.29, 1.82) is 0 Å². The quantitative estimate of drug-likeness (QED) is 0.131. The number of nitrogens with zero attached hydrogens (tertiary/aromatic N) is 2. The van der Waals surface area contributed by atoms with Crippen molar-refractivity contribution < 1.29 is 14.7 Å². The second-order valence-corrected chi connectivity index (χ2v) is 11.4. The van der Waals surface area contributed by atoms with Crippen LogP contribution in [-0.4, -0.2) is 44.3 Å². The monoisotopic (exact) mass is 581 g/mol. The molecule has 6 aromatic rings. The zero-order valence-corrected chi connectivity index (χ0v) is 23.4. The molecule has 1 atom stereocenters. The number of carbonyl (C=O) groups excluding carboxylic acids is 2. The normalized spacial score (nSPS) is 15.0. The molecular formula is C31H24ClN5O3S. The minimum absolute atomic E-state index is 0.0267. The van der Waals surface area contributed by atoms with Gasteiger partial charge in [0.1, 0.15) is 17.1 Å². The highest BCUT2D eigenvalue weighted by atomic mass is 35.5. The highest BCUT2D eigenvalue weighted by Gasteiger charge is 2.34. The van der Waals surface area contributed by atoms with E-state index >= 15 is 0 Å². The molecule has 204 valence electrons. The number of para-hydroxylation sites is 1. The fourth-order valence-electron chi connectivity index (χ4n) is 5.62. The molecule has 0 radical (unpaired) electrons. The molecule has 0 saturated carbocycles. The van der Waals surface area contributed by atoms with Crippen molar-refractivity contribution in [2.75, 3.05) is 22.6 Å². The fourth-order valence-corrected chi connectivity index (χ4v) is 6.86. The van der Waals surface area contributed by atoms with Crippen LogP contribution in [0, 0.1) is 6.92 Å². The van der Waals surface area contributed by atoms with E-state index in [0.29, 0.717) is 35.1 Å². The van der Waals surface area contributed by atoms with Gasteiger partial charge in [0.25, 0.3) is 11.8 Å². The molecule has 8 nitrogen and oxygen atoms in total. The lowest BCUT2D eigenvalue weighted by molar-refractivity contribution is -0.114. The molecule has 0 aliphatic carbocycles. The third-order valence-electron chi connectivity index (χ3n) is 7.58. The van der Waals surface area contributed by atoms with E-state index in [2.05, 4.69) is 20.3 Å². The van der Waals surface area contributed by atoms with Crippen LogP contribution in [0.2, 0.25) is 0 Å². The van der Waals surface area contributed by atoms with Crippen LogP contribution in [-0.2, 0) is 4.79 Å². The van der Waals surface area contributed by atoms with Crippen LogP contribution in [0.25, 0.3) is 38.1 Å². The number of anilines is 2. The average molecular weight is 582 g/mol. The van der Waals surface area contributed by atoms with Gasteiger partial charge in [-0.05, 0) is 47.7 Å². The molecule has 0 bridgehead atoms. The van der Waals surface area contributed by atoms with Crippen molar-refractivity contribution in [3.63, 3.8) is 0 Å². The number of hydrogen-bond acceptors (Lipinski definition) is 5. The Kier molecular flexibility index (Phi) is 6.06. The van der Waals surface area contributed by atoms with Crippen molar-refractivity contribution >= 4 is 84.2 Å². The standard InChI is InChI=1S/C31H24ClN5O3S/c1-16-15-41-29-25(38)10-24-28(27(16)29)19(11-32)14-37(24)26(39)7-6-18-12-33-30-21(18)9-20(13-34-30)35-31(40)23-8-17-4-2-3-5-22(17)36-23/h2-10,12-13,15,19,36,38H,11,14H2,1H3,(H,33,34)(H,35,40)/b7-6+/t19-/m1/s1. The number of phenols is 1. The predicted molar refractivity (Wildman–Crippen MR) is 165 cm³/mol. The first kappa shape index (κ1) is 25.4. The number of phenolic OH excluding ortho intramolecular Hbond substituents is 1. The Hall–Kier alpha value is -4.60. The summed E-state index contributed by atoms with van der Waals surface area (Å²) in [4.78, 5) is 38.7. The number of thiophene rings is 1. The van der Waals surface area contributed by atoms with Gasteiger partial charge in [0.05, 0.1) is 22.3 Å². The second kappa shape index (κ2) is 9.79. The van der Waals surface area contributed by atoms with Crippen LogP contribution in [0.3, 0.4) is 0 Å². The summed E-state index contributed by atoms with van der Waals surface area (Å²) >= 11 is 7.84. The predicted octanol–water partition coefficient (Wildman–Crippen LogP) is 6.91. The van der Waals surface area contributed by atoms with Crippen LogP contribution < -0.4 is 10.2 Å². The Labute approximate surface area is 243 Å². The Balaban J connectivity index is 1.15. The smallest absolute Gasteiger partial charge is 0.272 e. The number of aromatic nitrogens is 3. The van der Waals surface area contributed by atoms with Crippen LogP contribution in [0.15, 0.2) is 66.3 Å². The summed E-state index contributed by atoms with van der Waals surface area (Å²) in [7, 11) is 0. The van der Waals surface area contributed by atoms with Gasteiger partial charge in [0, 0.05) is 63.9 Å². The molecule has 10 heteroatoms. The number of amides is 2. The number of aromatic amines is 2. The van der Waals surface area contributed by atoms with E-state index in [4.69, 9.17) is 11.6 Å². The molecule has 0 unspecified atom stereocenters. The first-order valence-corrected chi connectivity index (χ1v) is 14.5. The van der Waals surface area contributed by atoms with Gasteiger partial charge in [-0.2, -0.15) is 0 Å². The van der Waals surface area contributed by atoms with Crippen molar-refractivity contribution in [1.82, 2.24) is 15.0 Å². The second-order valence-electron chi connectivity index (χ2n) is 10.2. The SMILES string of the molecule is Cc1csc2c(O)cc3c(c12)[C@H](CCl)CN3C(=O)/C=C/c1c[nH]c2ncc(NC(=O)c3cc4ccccc4[nH]3)cc12. The number of aromatic hydroxyl groups is 1. The number of alkyl halides is 1. The third-order valence-corrected chi connectivity index (χ3v) is 9.07. The molecule has 5 heterocycles. The summed E-state index contributed by atoms with van der Waals surface area (Å²) in [5.41, 5.74) is 6.03. The summed E-state index contributed by atoms with van der Waals surface area (Å²) in [5.74, 6) is 0.0252. The first-order chi connectivity index (χ1) is 19.9. The topological polar surface area (TPSA) is 114 Å². The van der Waals surface area contributed by atoms with Gasteiger partial charge in [0.2, 0.25) is 0 Å². The molecule has 1 aliphatic heterocycles. The van der Waals surface area contributed by atoms with Gasteiger partial charge in [-0.1, -0.05) is 18.2 Å². The van der Waals surface area contributed by atoms with Crippen molar-refractivity contribution in [2.24, 2.45) is 0 Å². The Morgan fingerprint density at radius 2 is 2.12 bits per heavy atom. The Morgan fingerprint density at radius 3 is 2.95 bits per heavy atom. The Morgan fingerprint density at radius 1 is 1.27 bits per heavy atom. The summed E-state index contributed by atoms with van der Waals surface area (Å²) in [6, 6.07) is 13.0. The molecule has 4 aromatic heterocycles. The fraction of sp³-hybridized carbons (Fsp3) is 0.129. The number of pyridine rings is 1. The highest BCUT2D eigenvalue weighted by molar-refractivity contribution is 7.17. The van der Waals surface area contributed by atoms with E-state index < -0.39 is 0 Å². The van der Waals surface area contributed by atoms with Crippen LogP contribution >= 0.6 is 22.9 Å². The lowest BCUT2D eigenvalue weighted by Gasteiger charge is -2.16. The van der Waals surface area contributed by atoms with Gasteiger partial charge < -0.3 is 25.3 Å². The van der Waals surface area contributed by atoms with Crippen molar-refractivity contribution in [3.8, 4) is 5.75 Å². The number of carbonyl (C=O) groups is 2. The van der Waals surface area contributed by atoms with Crippen molar-refractivity contribution in [3.05, 3.63) is 88.7 Å². The van der Waals surface area contributed by atoms with E-state index in [1.54, 1.807) is 29.4 Å². The molecule has 7 rings (SSSR count). The van der Waals surface area contributed by atoms with E-state index in [9.17, 15) is 14.7 Å². The van der Waals surface area contributed by atoms with Gasteiger partial charge >= 0.3 is 0 Å². The molecule has 0 fully saturated rings. The summed E-state index contributed by atoms with van der Waals surface area (Å²) in [6.07, 6.45) is 6.61. The molecule has 0 spiro atoms. The highest BCUT2D eigenvalue weighted by Crippen LogP contribution is 2.48. The van der Waals surface area contributed by atoms with Crippen LogP contribution in [0.4, 0.5) is 11.4 Å². The molecule has 2 amide bonds. The largest absolute Gasteiger partial charge is 0.506 e. The number of aryl methyl sites for hydroxylation is 1. The Bertz CT molecular complexity index is 2010. The summed E-state index contributed by atoms with van der Waals surface area (Å²) in [5, 5.41) is 18.3. The molecule has 2 aromatic carbocycles. The number of hydrogen-bond donors (Lipinski definition) is 4. The summed E-state index contributed by atoms with van der Waals surface area (Å²) < 4.78 is 0.819. The van der Waals surface area contributed by atoms with Crippen molar-refractivity contribution in [2.45, 2.75) is 12.8 Å². The van der Waals surface area contributed by atoms with Gasteiger partial charge in [0.15, 0.2) is 0 Å². The van der Waals surface area contributed by atoms with E-state index in [-0.39, 0.29) is 23.5 Å². The third kappa shape index (κ3) is 4.25. The maximum atomic E-state index is 13.4. The van der Waals surface area contributed by atoms with Crippen LogP contribution in [0.1, 0.15) is 33.1 Å². The minimum Gasteiger partial charge on any atom is -0.506 e. The van der Waals surface area contributed by atoms with Gasteiger partial charge in [-0.15, -0.1) is 22.9 Å². The molecule has 4 N–H and O–H groups in total. The first-order valence-electron chi connectivity index (χ1n) is 13.1.